The van der Waals surface area contributed by atoms with Crippen molar-refractivity contribution in [1.82, 2.24) is 30.0 Å². The Labute approximate surface area is 239 Å². The topological polar surface area (TPSA) is 82.4 Å². The van der Waals surface area contributed by atoms with Gasteiger partial charge in [-0.05, 0) is 65.4 Å². The lowest BCUT2D eigenvalue weighted by Gasteiger charge is -2.37. The van der Waals surface area contributed by atoms with Crippen LogP contribution in [0.4, 0.5) is 11.4 Å². The van der Waals surface area contributed by atoms with Crippen LogP contribution in [0.3, 0.4) is 0 Å². The van der Waals surface area contributed by atoms with E-state index in [4.69, 9.17) is 0 Å². The minimum atomic E-state index is 0. The van der Waals surface area contributed by atoms with Crippen LogP contribution in [0.25, 0.3) is 11.4 Å². The van der Waals surface area contributed by atoms with Crippen LogP contribution in [0.1, 0.15) is 53.0 Å². The molecule has 3 heterocycles. The number of piperazine rings is 1. The van der Waals surface area contributed by atoms with Crippen molar-refractivity contribution in [2.24, 2.45) is 7.05 Å². The number of carbonyl (C=O) groups is 1. The van der Waals surface area contributed by atoms with Crippen molar-refractivity contribution in [3.63, 3.8) is 0 Å². The Balaban J connectivity index is 0.00000370. The van der Waals surface area contributed by atoms with Gasteiger partial charge in [-0.3, -0.25) is 9.69 Å². The maximum atomic E-state index is 12.9. The molecule has 2 aliphatic heterocycles. The number of aryl methyl sites for hydroxylation is 1. The van der Waals surface area contributed by atoms with Crippen LogP contribution < -0.4 is 10.2 Å². The summed E-state index contributed by atoms with van der Waals surface area (Å²) in [4.78, 5) is 21.3. The summed E-state index contributed by atoms with van der Waals surface area (Å²) in [5.74, 6) is 0.915. The average Bonchev–Trinajstić information content (AvgIpc) is 3.38. The molecule has 9 nitrogen and oxygen atoms in total. The lowest BCUT2D eigenvalue weighted by Crippen LogP contribution is -2.48. The molecule has 1 N–H and O–H groups in total. The van der Waals surface area contributed by atoms with E-state index in [9.17, 15) is 4.79 Å². The summed E-state index contributed by atoms with van der Waals surface area (Å²) >= 11 is 0. The van der Waals surface area contributed by atoms with Crippen LogP contribution in [-0.2, 0) is 17.3 Å². The van der Waals surface area contributed by atoms with E-state index in [2.05, 4.69) is 87.7 Å². The Bertz CT molecular complexity index is 1220. The fourth-order valence-electron chi connectivity index (χ4n) is 5.44. The van der Waals surface area contributed by atoms with Crippen LogP contribution in [0.15, 0.2) is 48.5 Å². The molecule has 0 atom stereocenters. The second-order valence-corrected chi connectivity index (χ2v) is 11.9. The molecule has 2 aromatic carbocycles. The van der Waals surface area contributed by atoms with Gasteiger partial charge in [0, 0.05) is 75.2 Å². The first kappa shape index (κ1) is 29.5. The molecule has 9 heteroatoms. The highest BCUT2D eigenvalue weighted by Gasteiger charge is 2.24. The molecule has 2 saturated heterocycles. The van der Waals surface area contributed by atoms with Crippen molar-refractivity contribution in [2.45, 2.75) is 58.9 Å². The first-order chi connectivity index (χ1) is 18.7. The number of likely N-dealkylation sites (tertiary alicyclic amines) is 1. The summed E-state index contributed by atoms with van der Waals surface area (Å²) in [6.07, 6.45) is 2.54. The van der Waals surface area contributed by atoms with E-state index in [1.54, 1.807) is 7.05 Å². The number of aromatic nitrogens is 4. The van der Waals surface area contributed by atoms with E-state index in [1.165, 1.54) is 16.0 Å². The van der Waals surface area contributed by atoms with E-state index in [0.29, 0.717) is 18.3 Å². The monoisotopic (exact) mass is 546 g/mol. The van der Waals surface area contributed by atoms with Crippen molar-refractivity contribution in [3.8, 4) is 11.4 Å². The standard InChI is InChI=1S/C30H42N8O.CH4/c1-30(2,3)24-7-11-27(12-8-24)37-21-19-36(20-22-37)16-15-28(39)38-17-13-26(14-18-38)31-25-9-5-23(6-10-25)29-32-34-35(4)33-29;/h5-12,26,31H,13-22H2,1-4H3;1H4. The number of nitrogens with one attached hydrogen (secondary N) is 1. The molecule has 0 bridgehead atoms. The molecule has 40 heavy (non-hydrogen) atoms. The van der Waals surface area contributed by atoms with Crippen molar-refractivity contribution in [3.05, 3.63) is 54.1 Å². The summed E-state index contributed by atoms with van der Waals surface area (Å²) in [7, 11) is 1.76. The van der Waals surface area contributed by atoms with E-state index < -0.39 is 0 Å². The van der Waals surface area contributed by atoms with Gasteiger partial charge in [0.2, 0.25) is 11.7 Å². The number of carbonyl (C=O) groups excluding carboxylic acids is 1. The largest absolute Gasteiger partial charge is 0.382 e. The zero-order valence-corrected chi connectivity index (χ0v) is 23.8. The minimum absolute atomic E-state index is 0. The van der Waals surface area contributed by atoms with Crippen molar-refractivity contribution >= 4 is 17.3 Å². The van der Waals surface area contributed by atoms with Gasteiger partial charge in [0.1, 0.15) is 0 Å². The first-order valence-electron chi connectivity index (χ1n) is 14.2. The first-order valence-corrected chi connectivity index (χ1v) is 14.2. The van der Waals surface area contributed by atoms with Crippen LogP contribution in [-0.4, -0.2) is 87.8 Å². The number of piperidine rings is 1. The molecule has 0 aliphatic carbocycles. The second kappa shape index (κ2) is 12.8. The maximum absolute atomic E-state index is 12.9. The van der Waals surface area contributed by atoms with Crippen LogP contribution in [0.5, 0.6) is 0 Å². The van der Waals surface area contributed by atoms with Gasteiger partial charge in [0.05, 0.1) is 7.05 Å². The van der Waals surface area contributed by atoms with E-state index in [0.717, 1.165) is 69.9 Å². The number of nitrogens with zero attached hydrogens (tertiary/aromatic N) is 7. The third-order valence-corrected chi connectivity index (χ3v) is 7.98. The van der Waals surface area contributed by atoms with Gasteiger partial charge in [-0.1, -0.05) is 40.3 Å². The summed E-state index contributed by atoms with van der Waals surface area (Å²) in [6.45, 7) is 13.3. The molecule has 3 aromatic rings. The van der Waals surface area contributed by atoms with E-state index in [-0.39, 0.29) is 18.7 Å². The highest BCUT2D eigenvalue weighted by Crippen LogP contribution is 2.26. The van der Waals surface area contributed by atoms with Crippen LogP contribution in [0.2, 0.25) is 0 Å². The fraction of sp³-hybridized carbons (Fsp3) is 0.548. The van der Waals surface area contributed by atoms with Crippen LogP contribution in [0, 0.1) is 0 Å². The summed E-state index contributed by atoms with van der Waals surface area (Å²) in [6, 6.07) is 17.5. The van der Waals surface area contributed by atoms with Gasteiger partial charge < -0.3 is 15.1 Å². The lowest BCUT2D eigenvalue weighted by molar-refractivity contribution is -0.132. The molecule has 1 amide bonds. The number of tetrazole rings is 1. The SMILES string of the molecule is C.Cn1nnc(-c2ccc(NC3CCN(C(=O)CCN4CCN(c5ccc(C(C)(C)C)cc5)CC4)CC3)cc2)n1. The number of hydrogen-bond donors (Lipinski definition) is 1. The maximum Gasteiger partial charge on any atom is 0.223 e. The second-order valence-electron chi connectivity index (χ2n) is 11.9. The lowest BCUT2D eigenvalue weighted by atomic mass is 9.87. The highest BCUT2D eigenvalue weighted by molar-refractivity contribution is 5.76. The van der Waals surface area contributed by atoms with Crippen molar-refractivity contribution in [1.29, 1.82) is 0 Å². The zero-order valence-electron chi connectivity index (χ0n) is 23.8. The Morgan fingerprint density at radius 3 is 2.15 bits per heavy atom. The number of anilines is 2. The molecule has 2 aliphatic rings. The predicted octanol–water partition coefficient (Wildman–Crippen LogP) is 4.43. The van der Waals surface area contributed by atoms with Gasteiger partial charge >= 0.3 is 0 Å². The highest BCUT2D eigenvalue weighted by atomic mass is 16.2. The zero-order chi connectivity index (χ0) is 27.4. The third kappa shape index (κ3) is 7.38. The average molecular weight is 547 g/mol. The van der Waals surface area contributed by atoms with Crippen molar-refractivity contribution < 1.29 is 4.79 Å². The van der Waals surface area contributed by atoms with Gasteiger partial charge in [-0.25, -0.2) is 0 Å². The molecular formula is C31H46N8O. The van der Waals surface area contributed by atoms with Crippen LogP contribution >= 0.6 is 0 Å². The molecule has 2 fully saturated rings. The summed E-state index contributed by atoms with van der Waals surface area (Å²) < 4.78 is 0. The molecule has 0 spiro atoms. The number of benzene rings is 2. The Hall–Kier alpha value is -3.46. The number of hydrogen-bond acceptors (Lipinski definition) is 7. The van der Waals surface area contributed by atoms with Gasteiger partial charge in [0.15, 0.2) is 0 Å². The molecule has 1 aromatic heterocycles. The summed E-state index contributed by atoms with van der Waals surface area (Å²) in [5.41, 5.74) is 4.88. The summed E-state index contributed by atoms with van der Waals surface area (Å²) in [5, 5.41) is 15.8. The fourth-order valence-corrected chi connectivity index (χ4v) is 5.44. The number of amides is 1. The quantitative estimate of drug-likeness (QED) is 0.470. The van der Waals surface area contributed by atoms with E-state index >= 15 is 0 Å². The Morgan fingerprint density at radius 1 is 0.925 bits per heavy atom. The minimum Gasteiger partial charge on any atom is -0.382 e. The molecule has 0 radical (unpaired) electrons. The third-order valence-electron chi connectivity index (χ3n) is 7.98. The number of rotatable bonds is 7. The molecule has 0 unspecified atom stereocenters. The smallest absolute Gasteiger partial charge is 0.223 e. The molecule has 5 rings (SSSR count). The normalized spacial score (nSPS) is 17.0. The van der Waals surface area contributed by atoms with Gasteiger partial charge in [-0.2, -0.15) is 4.80 Å². The Kier molecular flexibility index (Phi) is 9.45. The van der Waals surface area contributed by atoms with Gasteiger partial charge in [0.25, 0.3) is 0 Å². The van der Waals surface area contributed by atoms with Gasteiger partial charge in [-0.15, -0.1) is 10.2 Å². The Morgan fingerprint density at radius 2 is 1.57 bits per heavy atom. The van der Waals surface area contributed by atoms with Crippen molar-refractivity contribution in [2.75, 3.05) is 56.0 Å². The predicted molar refractivity (Wildman–Crippen MR) is 163 cm³/mol. The molecule has 0 saturated carbocycles. The molecular weight excluding hydrogens is 500 g/mol. The molecule has 216 valence electrons. The van der Waals surface area contributed by atoms with E-state index in [1.807, 2.05) is 17.0 Å².